The van der Waals surface area contributed by atoms with E-state index in [1.807, 2.05) is 0 Å². The van der Waals surface area contributed by atoms with Gasteiger partial charge in [0.1, 0.15) is 0 Å². The Balaban J connectivity index is 2.09. The lowest BCUT2D eigenvalue weighted by molar-refractivity contribution is -0.146. The zero-order valence-corrected chi connectivity index (χ0v) is 15.3. The van der Waals surface area contributed by atoms with Gasteiger partial charge in [0.05, 0.1) is 17.3 Å². The number of nitrogens with zero attached hydrogens (tertiary/aromatic N) is 3. The third-order valence-corrected chi connectivity index (χ3v) is 4.38. The summed E-state index contributed by atoms with van der Waals surface area (Å²) >= 11 is 0. The fourth-order valence-corrected chi connectivity index (χ4v) is 3.23. The topological polar surface area (TPSA) is 50.2 Å². The molecule has 142 valence electrons. The van der Waals surface area contributed by atoms with Gasteiger partial charge in [0.15, 0.2) is 5.69 Å². The zero-order chi connectivity index (χ0) is 18.8. The summed E-state index contributed by atoms with van der Waals surface area (Å²) in [7, 11) is 0. The number of nitrogens with one attached hydrogen (secondary N) is 1. The Hall–Kier alpha value is -1.57. The van der Waals surface area contributed by atoms with Gasteiger partial charge in [0.25, 0.3) is 5.91 Å². The van der Waals surface area contributed by atoms with E-state index in [0.717, 1.165) is 43.4 Å². The second-order valence-corrected chi connectivity index (χ2v) is 7.65. The molecule has 8 heteroatoms. The second-order valence-electron chi connectivity index (χ2n) is 7.65. The molecule has 0 radical (unpaired) electrons. The van der Waals surface area contributed by atoms with Crippen LogP contribution in [0.1, 0.15) is 56.6 Å². The molecule has 0 aliphatic carbocycles. The minimum Gasteiger partial charge on any atom is -0.352 e. The molecule has 5 nitrogen and oxygen atoms in total. The van der Waals surface area contributed by atoms with E-state index in [9.17, 15) is 18.0 Å². The summed E-state index contributed by atoms with van der Waals surface area (Å²) in [6, 6.07) is 0. The maximum atomic E-state index is 13.5. The SMILES string of the molecule is CCCN1CC[C@@H](CNC(=O)c2cnn(C(C)(C)C)c2C(F)(F)F)C1. The van der Waals surface area contributed by atoms with Gasteiger partial charge in [-0.05, 0) is 52.6 Å². The second kappa shape index (κ2) is 7.35. The number of carbonyl (C=O) groups excluding carboxylic acids is 1. The summed E-state index contributed by atoms with van der Waals surface area (Å²) in [5.74, 6) is -0.431. The predicted octanol–water partition coefficient (Wildman–Crippen LogP) is 3.12. The number of alkyl halides is 3. The highest BCUT2D eigenvalue weighted by Crippen LogP contribution is 2.34. The van der Waals surface area contributed by atoms with Crippen LogP contribution in [-0.2, 0) is 11.7 Å². The van der Waals surface area contributed by atoms with Crippen LogP contribution >= 0.6 is 0 Å². The molecular formula is C17H27F3N4O. The minimum atomic E-state index is -4.64. The van der Waals surface area contributed by atoms with Gasteiger partial charge < -0.3 is 10.2 Å². The van der Waals surface area contributed by atoms with Gasteiger partial charge in [-0.25, -0.2) is 0 Å². The normalized spacial score (nSPS) is 19.4. The molecule has 0 saturated carbocycles. The van der Waals surface area contributed by atoms with Crippen LogP contribution in [0.25, 0.3) is 0 Å². The first-order valence-electron chi connectivity index (χ1n) is 8.70. The lowest BCUT2D eigenvalue weighted by Crippen LogP contribution is -2.34. The van der Waals surface area contributed by atoms with Crippen LogP contribution in [0, 0.1) is 5.92 Å². The molecule has 25 heavy (non-hydrogen) atoms. The summed E-state index contributed by atoms with van der Waals surface area (Å²) < 4.78 is 41.3. The maximum Gasteiger partial charge on any atom is 0.433 e. The van der Waals surface area contributed by atoms with Crippen molar-refractivity contribution >= 4 is 5.91 Å². The number of aromatic nitrogens is 2. The van der Waals surface area contributed by atoms with Gasteiger partial charge in [-0.1, -0.05) is 6.92 Å². The molecular weight excluding hydrogens is 333 g/mol. The number of hydrogen-bond acceptors (Lipinski definition) is 3. The molecule has 1 N–H and O–H groups in total. The van der Waals surface area contributed by atoms with E-state index in [4.69, 9.17) is 0 Å². The van der Waals surface area contributed by atoms with Crippen molar-refractivity contribution in [3.05, 3.63) is 17.5 Å². The van der Waals surface area contributed by atoms with Crippen molar-refractivity contribution < 1.29 is 18.0 Å². The van der Waals surface area contributed by atoms with Crippen molar-refractivity contribution in [3.8, 4) is 0 Å². The minimum absolute atomic E-state index is 0.280. The molecule has 1 aromatic rings. The quantitative estimate of drug-likeness (QED) is 0.878. The van der Waals surface area contributed by atoms with Crippen LogP contribution in [0.5, 0.6) is 0 Å². The fourth-order valence-electron chi connectivity index (χ4n) is 3.23. The van der Waals surface area contributed by atoms with Crippen molar-refractivity contribution in [1.82, 2.24) is 20.0 Å². The van der Waals surface area contributed by atoms with E-state index in [0.29, 0.717) is 6.54 Å². The average molecular weight is 360 g/mol. The monoisotopic (exact) mass is 360 g/mol. The first-order chi connectivity index (χ1) is 11.5. The summed E-state index contributed by atoms with van der Waals surface area (Å²) in [6.07, 6.45) is -1.60. The van der Waals surface area contributed by atoms with Gasteiger partial charge in [-0.15, -0.1) is 0 Å². The van der Waals surface area contributed by atoms with Crippen LogP contribution in [0.2, 0.25) is 0 Å². The number of likely N-dealkylation sites (tertiary alicyclic amines) is 1. The molecule has 1 aromatic heterocycles. The lowest BCUT2D eigenvalue weighted by Gasteiger charge is -2.24. The molecule has 1 saturated heterocycles. The Labute approximate surface area is 146 Å². The number of rotatable bonds is 5. The van der Waals surface area contributed by atoms with Crippen molar-refractivity contribution in [2.75, 3.05) is 26.2 Å². The highest BCUT2D eigenvalue weighted by atomic mass is 19.4. The van der Waals surface area contributed by atoms with Crippen molar-refractivity contribution in [2.45, 2.75) is 52.3 Å². The standard InChI is InChI=1S/C17H27F3N4O/c1-5-7-23-8-6-12(11-23)9-21-15(25)13-10-22-24(16(2,3)4)14(13)17(18,19)20/h10,12H,5-9,11H2,1-4H3,(H,21,25)/t12-/m0/s1. The van der Waals surface area contributed by atoms with E-state index in [2.05, 4.69) is 22.2 Å². The van der Waals surface area contributed by atoms with E-state index < -0.39 is 28.9 Å². The molecule has 0 bridgehead atoms. The van der Waals surface area contributed by atoms with Crippen LogP contribution in [0.4, 0.5) is 13.2 Å². The molecule has 2 heterocycles. The Morgan fingerprint density at radius 1 is 1.36 bits per heavy atom. The first-order valence-corrected chi connectivity index (χ1v) is 8.70. The molecule has 0 aromatic carbocycles. The van der Waals surface area contributed by atoms with Crippen molar-refractivity contribution in [3.63, 3.8) is 0 Å². The Bertz CT molecular complexity index is 604. The highest BCUT2D eigenvalue weighted by Gasteiger charge is 2.42. The van der Waals surface area contributed by atoms with Crippen LogP contribution in [0.15, 0.2) is 6.20 Å². The molecule has 0 unspecified atom stereocenters. The predicted molar refractivity (Wildman–Crippen MR) is 89.4 cm³/mol. The van der Waals surface area contributed by atoms with Crippen LogP contribution in [0.3, 0.4) is 0 Å². The molecule has 0 spiro atoms. The Morgan fingerprint density at radius 3 is 2.60 bits per heavy atom. The zero-order valence-electron chi connectivity index (χ0n) is 15.3. The highest BCUT2D eigenvalue weighted by molar-refractivity contribution is 5.95. The van der Waals surface area contributed by atoms with Gasteiger partial charge in [0.2, 0.25) is 0 Å². The molecule has 1 atom stereocenters. The smallest absolute Gasteiger partial charge is 0.352 e. The molecule has 1 aliphatic rings. The van der Waals surface area contributed by atoms with E-state index in [1.165, 1.54) is 0 Å². The summed E-state index contributed by atoms with van der Waals surface area (Å²) in [4.78, 5) is 14.7. The summed E-state index contributed by atoms with van der Waals surface area (Å²) in [5.41, 5.74) is -2.27. The number of hydrogen-bond donors (Lipinski definition) is 1. The third-order valence-electron chi connectivity index (χ3n) is 4.38. The van der Waals surface area contributed by atoms with Gasteiger partial charge >= 0.3 is 6.18 Å². The summed E-state index contributed by atoms with van der Waals surface area (Å²) in [5, 5.41) is 6.48. The van der Waals surface area contributed by atoms with E-state index >= 15 is 0 Å². The summed E-state index contributed by atoms with van der Waals surface area (Å²) in [6.45, 7) is 10.2. The van der Waals surface area contributed by atoms with E-state index in [-0.39, 0.29) is 5.92 Å². The molecule has 1 aliphatic heterocycles. The number of amides is 1. The van der Waals surface area contributed by atoms with Gasteiger partial charge in [-0.3, -0.25) is 9.48 Å². The lowest BCUT2D eigenvalue weighted by atomic mass is 10.1. The Kier molecular flexibility index (Phi) is 5.81. The van der Waals surface area contributed by atoms with E-state index in [1.54, 1.807) is 20.8 Å². The molecule has 2 rings (SSSR count). The van der Waals surface area contributed by atoms with Gasteiger partial charge in [0, 0.05) is 13.1 Å². The largest absolute Gasteiger partial charge is 0.433 e. The Morgan fingerprint density at radius 2 is 2.04 bits per heavy atom. The van der Waals surface area contributed by atoms with Crippen molar-refractivity contribution in [1.29, 1.82) is 0 Å². The average Bonchev–Trinajstić information content (AvgIpc) is 3.10. The van der Waals surface area contributed by atoms with Gasteiger partial charge in [-0.2, -0.15) is 18.3 Å². The number of carbonyl (C=O) groups is 1. The molecule has 1 fully saturated rings. The third kappa shape index (κ3) is 4.74. The number of halogens is 3. The fraction of sp³-hybridized carbons (Fsp3) is 0.765. The van der Waals surface area contributed by atoms with Crippen LogP contribution in [-0.4, -0.2) is 46.8 Å². The van der Waals surface area contributed by atoms with Crippen molar-refractivity contribution in [2.24, 2.45) is 5.92 Å². The first kappa shape index (κ1) is 19.8. The maximum absolute atomic E-state index is 13.5. The van der Waals surface area contributed by atoms with Crippen LogP contribution < -0.4 is 5.32 Å². The molecule has 1 amide bonds.